The lowest BCUT2D eigenvalue weighted by Crippen LogP contribution is -2.11. The van der Waals surface area contributed by atoms with Crippen LogP contribution in [0.25, 0.3) is 0 Å². The van der Waals surface area contributed by atoms with Gasteiger partial charge in [-0.2, -0.15) is 9.98 Å². The van der Waals surface area contributed by atoms with Crippen molar-refractivity contribution < 1.29 is 4.79 Å². The highest BCUT2D eigenvalue weighted by Crippen LogP contribution is 2.27. The number of anilines is 1. The predicted octanol–water partition coefficient (Wildman–Crippen LogP) is 5.06. The molecule has 0 aromatic heterocycles. The number of carbonyl (C=O) groups is 1. The first-order valence-electron chi connectivity index (χ1n) is 6.01. The molecular weight excluding hydrogens is 338 g/mol. The van der Waals surface area contributed by atoms with Gasteiger partial charge in [0.05, 0.1) is 32.4 Å². The highest BCUT2D eigenvalue weighted by atomic mass is 35.5. The number of thiocarbonyl (C=S) groups is 2. The van der Waals surface area contributed by atoms with Gasteiger partial charge >= 0.3 is 0 Å². The van der Waals surface area contributed by atoms with Gasteiger partial charge in [-0.1, -0.05) is 11.6 Å². The van der Waals surface area contributed by atoms with Gasteiger partial charge in [-0.3, -0.25) is 4.79 Å². The van der Waals surface area contributed by atoms with Crippen LogP contribution in [0.15, 0.2) is 52.4 Å². The molecule has 22 heavy (non-hydrogen) atoms. The Morgan fingerprint density at radius 1 is 1.00 bits per heavy atom. The number of aliphatic imine (C=N–C) groups is 2. The molecule has 0 aliphatic carbocycles. The van der Waals surface area contributed by atoms with Gasteiger partial charge in [0, 0.05) is 5.56 Å². The summed E-state index contributed by atoms with van der Waals surface area (Å²) >= 11 is 15.1. The molecule has 0 heterocycles. The lowest BCUT2D eigenvalue weighted by Gasteiger charge is -2.07. The Kier molecular flexibility index (Phi) is 5.67. The molecule has 4 nitrogen and oxygen atoms in total. The topological polar surface area (TPSA) is 53.8 Å². The molecule has 2 aromatic rings. The Labute approximate surface area is 142 Å². The molecular formula is C15H8ClN3OS2. The molecule has 0 spiro atoms. The zero-order valence-corrected chi connectivity index (χ0v) is 13.4. The maximum atomic E-state index is 12.2. The van der Waals surface area contributed by atoms with Crippen LogP contribution >= 0.6 is 36.0 Å². The molecule has 108 valence electrons. The van der Waals surface area contributed by atoms with Crippen molar-refractivity contribution in [2.24, 2.45) is 9.98 Å². The molecule has 1 amide bonds. The second kappa shape index (κ2) is 7.71. The minimum absolute atomic E-state index is 0.286. The number of amides is 1. The van der Waals surface area contributed by atoms with Crippen LogP contribution in [0.3, 0.4) is 0 Å². The summed E-state index contributed by atoms with van der Waals surface area (Å²) in [4.78, 5) is 19.8. The number of nitrogens with one attached hydrogen (secondary N) is 1. The first-order valence-corrected chi connectivity index (χ1v) is 7.20. The maximum absolute atomic E-state index is 12.2. The molecule has 0 fully saturated rings. The number of isothiocyanates is 2. The molecule has 0 aliphatic heterocycles. The minimum atomic E-state index is -0.286. The van der Waals surface area contributed by atoms with Crippen LogP contribution in [0.5, 0.6) is 0 Å². The van der Waals surface area contributed by atoms with E-state index in [1.165, 1.54) is 0 Å². The third-order valence-electron chi connectivity index (χ3n) is 2.68. The quantitative estimate of drug-likeness (QED) is 0.622. The van der Waals surface area contributed by atoms with Crippen molar-refractivity contribution in [3.8, 4) is 0 Å². The van der Waals surface area contributed by atoms with E-state index in [-0.39, 0.29) is 5.91 Å². The Morgan fingerprint density at radius 2 is 1.59 bits per heavy atom. The molecule has 0 saturated heterocycles. The average molecular weight is 346 g/mol. The standard InChI is InChI=1S/C15H8ClN3OS2/c16-13-7-12(18-9-22)5-6-14(13)19-15(20)10-1-3-11(4-2-10)17-8-21/h1-7H,(H,19,20). The molecule has 0 unspecified atom stereocenters. The number of carbonyl (C=O) groups excluding carboxylic acids is 1. The smallest absolute Gasteiger partial charge is 0.255 e. The van der Waals surface area contributed by atoms with Gasteiger partial charge in [0.15, 0.2) is 0 Å². The van der Waals surface area contributed by atoms with E-state index < -0.39 is 0 Å². The summed E-state index contributed by atoms with van der Waals surface area (Å²) in [6.07, 6.45) is 0. The second-order valence-corrected chi connectivity index (χ2v) is 4.84. The highest BCUT2D eigenvalue weighted by molar-refractivity contribution is 7.78. The molecule has 1 N–H and O–H groups in total. The summed E-state index contributed by atoms with van der Waals surface area (Å²) in [7, 11) is 0. The van der Waals surface area contributed by atoms with Gasteiger partial charge in [0.1, 0.15) is 0 Å². The highest BCUT2D eigenvalue weighted by Gasteiger charge is 2.09. The van der Waals surface area contributed by atoms with E-state index in [9.17, 15) is 4.79 Å². The number of hydrogen-bond acceptors (Lipinski definition) is 5. The van der Waals surface area contributed by atoms with Crippen molar-refractivity contribution in [1.82, 2.24) is 0 Å². The second-order valence-electron chi connectivity index (χ2n) is 4.07. The van der Waals surface area contributed by atoms with Gasteiger partial charge in [-0.15, -0.1) is 0 Å². The summed E-state index contributed by atoms with van der Waals surface area (Å²) in [6, 6.07) is 11.5. The van der Waals surface area contributed by atoms with E-state index >= 15 is 0 Å². The zero-order chi connectivity index (χ0) is 15.9. The number of rotatable bonds is 4. The van der Waals surface area contributed by atoms with Crippen LogP contribution in [0.4, 0.5) is 17.1 Å². The van der Waals surface area contributed by atoms with E-state index in [0.717, 1.165) is 0 Å². The first kappa shape index (κ1) is 16.2. The van der Waals surface area contributed by atoms with Crippen LogP contribution in [0.2, 0.25) is 5.02 Å². The Hall–Kier alpha value is -2.20. The lowest BCUT2D eigenvalue weighted by molar-refractivity contribution is 0.102. The van der Waals surface area contributed by atoms with E-state index in [2.05, 4.69) is 50.1 Å². The summed E-state index contributed by atoms with van der Waals surface area (Å²) < 4.78 is 0. The number of benzene rings is 2. The third-order valence-corrected chi connectivity index (χ3v) is 3.18. The fourth-order valence-corrected chi connectivity index (χ4v) is 2.10. The normalized spacial score (nSPS) is 9.32. The SMILES string of the molecule is O=C(Nc1ccc(N=C=S)cc1Cl)c1ccc(N=C=S)cc1. The van der Waals surface area contributed by atoms with Crippen molar-refractivity contribution >= 4 is 69.3 Å². The number of hydrogen-bond donors (Lipinski definition) is 1. The monoisotopic (exact) mass is 345 g/mol. The molecule has 2 rings (SSSR count). The minimum Gasteiger partial charge on any atom is -0.321 e. The van der Waals surface area contributed by atoms with Crippen molar-refractivity contribution in [1.29, 1.82) is 0 Å². The van der Waals surface area contributed by atoms with Gasteiger partial charge in [-0.25, -0.2) is 0 Å². The molecule has 0 aliphatic rings. The molecule has 2 aromatic carbocycles. The fraction of sp³-hybridized carbons (Fsp3) is 0. The van der Waals surface area contributed by atoms with Gasteiger partial charge in [-0.05, 0) is 66.9 Å². The van der Waals surface area contributed by atoms with Gasteiger partial charge < -0.3 is 5.32 Å². The molecule has 7 heteroatoms. The van der Waals surface area contributed by atoms with Crippen LogP contribution in [0.1, 0.15) is 10.4 Å². The van der Waals surface area contributed by atoms with Crippen molar-refractivity contribution in [3.63, 3.8) is 0 Å². The van der Waals surface area contributed by atoms with E-state index in [1.54, 1.807) is 42.5 Å². The van der Waals surface area contributed by atoms with Crippen LogP contribution in [0, 0.1) is 0 Å². The number of nitrogens with zero attached hydrogens (tertiary/aromatic N) is 2. The number of halogens is 1. The van der Waals surface area contributed by atoms with Crippen molar-refractivity contribution in [2.45, 2.75) is 0 Å². The summed E-state index contributed by atoms with van der Waals surface area (Å²) in [5.74, 6) is -0.286. The predicted molar refractivity (Wildman–Crippen MR) is 95.2 cm³/mol. The Bertz CT molecular complexity index is 808. The molecule has 0 radical (unpaired) electrons. The van der Waals surface area contributed by atoms with Crippen LogP contribution in [-0.2, 0) is 0 Å². The average Bonchev–Trinajstić information content (AvgIpc) is 2.51. The summed E-state index contributed by atoms with van der Waals surface area (Å²) in [5.41, 5.74) is 2.16. The Balaban J connectivity index is 2.17. The molecule has 0 atom stereocenters. The van der Waals surface area contributed by atoms with E-state index in [0.29, 0.717) is 27.6 Å². The van der Waals surface area contributed by atoms with Crippen molar-refractivity contribution in [2.75, 3.05) is 5.32 Å². The maximum Gasteiger partial charge on any atom is 0.255 e. The van der Waals surface area contributed by atoms with Gasteiger partial charge in [0.25, 0.3) is 5.91 Å². The van der Waals surface area contributed by atoms with Crippen LogP contribution < -0.4 is 5.32 Å². The molecule has 0 bridgehead atoms. The van der Waals surface area contributed by atoms with E-state index in [4.69, 9.17) is 11.6 Å². The van der Waals surface area contributed by atoms with Crippen LogP contribution in [-0.4, -0.2) is 16.2 Å². The van der Waals surface area contributed by atoms with E-state index in [1.807, 2.05) is 0 Å². The Morgan fingerprint density at radius 3 is 2.18 bits per heavy atom. The summed E-state index contributed by atoms with van der Waals surface area (Å²) in [6.45, 7) is 0. The molecule has 0 saturated carbocycles. The summed E-state index contributed by atoms with van der Waals surface area (Å²) in [5, 5.41) is 7.60. The fourth-order valence-electron chi connectivity index (χ4n) is 1.66. The largest absolute Gasteiger partial charge is 0.321 e. The van der Waals surface area contributed by atoms with Crippen molar-refractivity contribution in [3.05, 3.63) is 53.1 Å². The lowest BCUT2D eigenvalue weighted by atomic mass is 10.2. The van der Waals surface area contributed by atoms with Gasteiger partial charge in [0.2, 0.25) is 0 Å². The first-order chi connectivity index (χ1) is 10.6. The zero-order valence-electron chi connectivity index (χ0n) is 11.0. The third kappa shape index (κ3) is 4.15.